The van der Waals surface area contributed by atoms with E-state index in [1.807, 2.05) is 0 Å². The topological polar surface area (TPSA) is 49.7 Å². The Bertz CT molecular complexity index is 649. The van der Waals surface area contributed by atoms with E-state index in [1.54, 1.807) is 0 Å². The maximum Gasteiger partial charge on any atom is 0.164 e. The van der Waals surface area contributed by atoms with Gasteiger partial charge in [0.15, 0.2) is 11.5 Å². The van der Waals surface area contributed by atoms with Crippen LogP contribution in [0.4, 0.5) is 0 Å². The van der Waals surface area contributed by atoms with Crippen molar-refractivity contribution in [3.8, 4) is 11.5 Å². The molecule has 0 spiro atoms. The monoisotopic (exact) mass is 316 g/mol. The number of hydrogen-bond donors (Lipinski definition) is 2. The molecule has 1 aliphatic heterocycles. The molecule has 3 heteroatoms. The molecular formula is C20H28O3. The fourth-order valence-corrected chi connectivity index (χ4v) is 5.41. The third-order valence-corrected chi connectivity index (χ3v) is 6.70. The Morgan fingerprint density at radius 3 is 2.83 bits per heavy atom. The maximum absolute atomic E-state index is 11.4. The van der Waals surface area contributed by atoms with Gasteiger partial charge in [-0.1, -0.05) is 33.3 Å². The van der Waals surface area contributed by atoms with Crippen molar-refractivity contribution < 1.29 is 14.9 Å². The Morgan fingerprint density at radius 2 is 2.04 bits per heavy atom. The van der Waals surface area contributed by atoms with Crippen LogP contribution >= 0.6 is 0 Å². The summed E-state index contributed by atoms with van der Waals surface area (Å²) in [6.45, 7) is 7.38. The van der Waals surface area contributed by atoms with Crippen molar-refractivity contribution >= 4 is 0 Å². The number of hydrogen-bond acceptors (Lipinski definition) is 3. The zero-order valence-electron chi connectivity index (χ0n) is 14.5. The number of aliphatic hydroxyl groups is 1. The second-order valence-corrected chi connectivity index (χ2v) is 8.71. The van der Waals surface area contributed by atoms with Crippen LogP contribution in [0.1, 0.15) is 69.1 Å². The van der Waals surface area contributed by atoms with Crippen LogP contribution in [0.3, 0.4) is 0 Å². The third kappa shape index (κ3) is 2.20. The Balaban J connectivity index is 1.81. The van der Waals surface area contributed by atoms with Crippen molar-refractivity contribution in [1.82, 2.24) is 0 Å². The molecule has 1 fully saturated rings. The van der Waals surface area contributed by atoms with Crippen LogP contribution in [0.15, 0.2) is 6.07 Å². The minimum Gasteiger partial charge on any atom is -0.504 e. The van der Waals surface area contributed by atoms with Crippen LogP contribution in [0.25, 0.3) is 0 Å². The van der Waals surface area contributed by atoms with E-state index in [-0.39, 0.29) is 5.41 Å². The lowest BCUT2D eigenvalue weighted by Crippen LogP contribution is -2.50. The zero-order chi connectivity index (χ0) is 16.4. The second-order valence-electron chi connectivity index (χ2n) is 8.71. The second kappa shape index (κ2) is 4.89. The zero-order valence-corrected chi connectivity index (χ0v) is 14.5. The molecule has 0 unspecified atom stereocenters. The largest absolute Gasteiger partial charge is 0.504 e. The molecule has 1 aromatic carbocycles. The molecule has 3 aliphatic rings. The summed E-state index contributed by atoms with van der Waals surface area (Å²) in [5.41, 5.74) is 2.76. The van der Waals surface area contributed by atoms with Crippen LogP contribution in [-0.4, -0.2) is 22.4 Å². The number of aryl methyl sites for hydroxylation is 1. The molecule has 0 aromatic heterocycles. The third-order valence-electron chi connectivity index (χ3n) is 6.70. The summed E-state index contributed by atoms with van der Waals surface area (Å²) in [4.78, 5) is 0. The van der Waals surface area contributed by atoms with Crippen LogP contribution in [0.2, 0.25) is 0 Å². The van der Waals surface area contributed by atoms with Crippen LogP contribution in [-0.2, 0) is 12.8 Å². The molecule has 3 nitrogen and oxygen atoms in total. The molecular weight excluding hydrogens is 288 g/mol. The number of fused-ring (bicyclic) bond motifs is 3. The average Bonchev–Trinajstić information content (AvgIpc) is 2.74. The van der Waals surface area contributed by atoms with Crippen molar-refractivity contribution in [3.05, 3.63) is 22.8 Å². The van der Waals surface area contributed by atoms with Gasteiger partial charge < -0.3 is 14.9 Å². The quantitative estimate of drug-likeness (QED) is 0.762. The number of phenols is 1. The maximum atomic E-state index is 11.4. The molecule has 2 aliphatic carbocycles. The van der Waals surface area contributed by atoms with E-state index in [4.69, 9.17) is 4.74 Å². The highest BCUT2D eigenvalue weighted by Gasteiger charge is 2.50. The predicted molar refractivity (Wildman–Crippen MR) is 90.1 cm³/mol. The normalized spacial score (nSPS) is 34.8. The van der Waals surface area contributed by atoms with Crippen molar-refractivity contribution in [2.24, 2.45) is 11.3 Å². The van der Waals surface area contributed by atoms with Crippen molar-refractivity contribution in [3.63, 3.8) is 0 Å². The lowest BCUT2D eigenvalue weighted by atomic mass is 9.59. The standard InChI is InChI=1S/C20H28O3/c1-12-11-23-18-14(12)9-13-5-6-16-19(2,3)7-4-8-20(16,22)10-15(13)17(18)21/h9,12,16,21-22H,4-8,10-11H2,1-3H3/t12-,16-,20-/m0/s1. The van der Waals surface area contributed by atoms with Crippen LogP contribution < -0.4 is 4.74 Å². The van der Waals surface area contributed by atoms with Gasteiger partial charge in [-0.05, 0) is 42.6 Å². The molecule has 3 atom stereocenters. The Hall–Kier alpha value is -1.22. The summed E-state index contributed by atoms with van der Waals surface area (Å²) < 4.78 is 5.73. The van der Waals surface area contributed by atoms with Gasteiger partial charge in [-0.25, -0.2) is 0 Å². The highest BCUT2D eigenvalue weighted by molar-refractivity contribution is 5.58. The van der Waals surface area contributed by atoms with Gasteiger partial charge in [-0.3, -0.25) is 0 Å². The molecule has 0 radical (unpaired) electrons. The van der Waals surface area contributed by atoms with Gasteiger partial charge >= 0.3 is 0 Å². The molecule has 0 amide bonds. The average molecular weight is 316 g/mol. The summed E-state index contributed by atoms with van der Waals surface area (Å²) in [5, 5.41) is 22.2. The summed E-state index contributed by atoms with van der Waals surface area (Å²) in [7, 11) is 0. The fourth-order valence-electron chi connectivity index (χ4n) is 5.41. The molecule has 126 valence electrons. The number of aromatic hydroxyl groups is 1. The van der Waals surface area contributed by atoms with Gasteiger partial charge in [0.25, 0.3) is 0 Å². The van der Waals surface area contributed by atoms with E-state index in [1.165, 1.54) is 12.0 Å². The Morgan fingerprint density at radius 1 is 1.26 bits per heavy atom. The van der Waals surface area contributed by atoms with Gasteiger partial charge in [-0.2, -0.15) is 0 Å². The van der Waals surface area contributed by atoms with E-state index in [9.17, 15) is 10.2 Å². The molecule has 4 rings (SSSR count). The summed E-state index contributed by atoms with van der Waals surface area (Å²) in [5.74, 6) is 1.59. The van der Waals surface area contributed by atoms with E-state index >= 15 is 0 Å². The Kier molecular flexibility index (Phi) is 3.26. The van der Waals surface area contributed by atoms with Gasteiger partial charge in [0.2, 0.25) is 0 Å². The van der Waals surface area contributed by atoms with Crippen LogP contribution in [0, 0.1) is 11.3 Å². The lowest BCUT2D eigenvalue weighted by molar-refractivity contribution is -0.102. The lowest BCUT2D eigenvalue weighted by Gasteiger charge is -2.49. The van der Waals surface area contributed by atoms with Crippen molar-refractivity contribution in [2.45, 2.75) is 70.8 Å². The molecule has 1 aromatic rings. The minimum absolute atomic E-state index is 0.164. The summed E-state index contributed by atoms with van der Waals surface area (Å²) in [6, 6.07) is 2.23. The van der Waals surface area contributed by atoms with E-state index in [0.717, 1.165) is 36.8 Å². The molecule has 2 N–H and O–H groups in total. The molecule has 0 bridgehead atoms. The van der Waals surface area contributed by atoms with Crippen LogP contribution in [0.5, 0.6) is 11.5 Å². The van der Waals surface area contributed by atoms with Gasteiger partial charge in [0.05, 0.1) is 12.2 Å². The van der Waals surface area contributed by atoms with Crippen molar-refractivity contribution in [2.75, 3.05) is 6.61 Å². The first kappa shape index (κ1) is 15.3. The number of ether oxygens (including phenoxy) is 1. The summed E-state index contributed by atoms with van der Waals surface area (Å²) >= 11 is 0. The van der Waals surface area contributed by atoms with E-state index in [0.29, 0.717) is 36.4 Å². The highest BCUT2D eigenvalue weighted by atomic mass is 16.5. The highest BCUT2D eigenvalue weighted by Crippen LogP contribution is 2.54. The molecule has 1 saturated carbocycles. The molecule has 1 heterocycles. The molecule has 23 heavy (non-hydrogen) atoms. The number of phenolic OH excluding ortho intramolecular Hbond substituents is 1. The fraction of sp³-hybridized carbons (Fsp3) is 0.700. The van der Waals surface area contributed by atoms with E-state index < -0.39 is 5.60 Å². The molecule has 0 saturated heterocycles. The van der Waals surface area contributed by atoms with E-state index in [2.05, 4.69) is 26.8 Å². The first-order chi connectivity index (χ1) is 10.8. The van der Waals surface area contributed by atoms with Gasteiger partial charge in [-0.15, -0.1) is 0 Å². The van der Waals surface area contributed by atoms with Gasteiger partial charge in [0.1, 0.15) is 0 Å². The predicted octanol–water partition coefficient (Wildman–Crippen LogP) is 3.93. The Labute approximate surface area is 138 Å². The van der Waals surface area contributed by atoms with Gasteiger partial charge in [0, 0.05) is 23.5 Å². The SMILES string of the molecule is C[C@H]1COc2c1cc1c(c2O)C[C@@]2(O)CCCC(C)(C)[C@@H]2CC1. The number of rotatable bonds is 0. The smallest absolute Gasteiger partial charge is 0.164 e. The first-order valence-corrected chi connectivity index (χ1v) is 9.05. The number of benzene rings is 1. The minimum atomic E-state index is -0.692. The van der Waals surface area contributed by atoms with Crippen molar-refractivity contribution in [1.29, 1.82) is 0 Å². The first-order valence-electron chi connectivity index (χ1n) is 9.05. The summed E-state index contributed by atoms with van der Waals surface area (Å²) in [6.07, 6.45) is 5.60.